The summed E-state index contributed by atoms with van der Waals surface area (Å²) in [4.78, 5) is 2.16. The van der Waals surface area contributed by atoms with Crippen LogP contribution in [0.15, 0.2) is 145 Å². The van der Waals surface area contributed by atoms with E-state index >= 15 is 0 Å². The number of halogens is 2. The number of aromatic nitrogens is 4. The number of hydrogen-bond donors (Lipinski definition) is 0. The first-order valence-corrected chi connectivity index (χ1v) is 14.9. The van der Waals surface area contributed by atoms with Crippen molar-refractivity contribution in [3.8, 4) is 45.8 Å². The molecule has 0 radical (unpaired) electrons. The zero-order valence-electron chi connectivity index (χ0n) is 22.4. The van der Waals surface area contributed by atoms with Crippen molar-refractivity contribution in [2.75, 3.05) is 4.90 Å². The molecule has 0 unspecified atom stereocenters. The average Bonchev–Trinajstić information content (AvgIpc) is 3.74. The first-order chi connectivity index (χ1) is 21.1. The van der Waals surface area contributed by atoms with Gasteiger partial charge in [-0.05, 0) is 91.0 Å². The summed E-state index contributed by atoms with van der Waals surface area (Å²) in [5.74, 6) is 1.59. The van der Waals surface area contributed by atoms with Crippen molar-refractivity contribution in [3.05, 3.63) is 136 Å². The van der Waals surface area contributed by atoms with Crippen molar-refractivity contribution in [3.63, 3.8) is 0 Å². The number of para-hydroxylation sites is 2. The molecule has 0 bridgehead atoms. The van der Waals surface area contributed by atoms with Crippen LogP contribution in [-0.2, 0) is 0 Å². The number of benzene rings is 5. The zero-order chi connectivity index (χ0) is 29.2. The van der Waals surface area contributed by atoms with E-state index in [0.29, 0.717) is 34.7 Å². The molecule has 0 saturated heterocycles. The van der Waals surface area contributed by atoms with Gasteiger partial charge in [-0.1, -0.05) is 68.3 Å². The topological polar surface area (TPSA) is 81.1 Å². The third kappa shape index (κ3) is 5.77. The van der Waals surface area contributed by atoms with Crippen molar-refractivity contribution in [2.24, 2.45) is 0 Å². The summed E-state index contributed by atoms with van der Waals surface area (Å²) >= 11 is 6.95. The molecule has 2 heterocycles. The van der Waals surface area contributed by atoms with Gasteiger partial charge in [0.15, 0.2) is 0 Å². The lowest BCUT2D eigenvalue weighted by Crippen LogP contribution is -2.10. The van der Waals surface area contributed by atoms with Gasteiger partial charge in [-0.15, -0.1) is 20.4 Å². The lowest BCUT2D eigenvalue weighted by atomic mass is 10.1. The smallest absolute Gasteiger partial charge is 0.248 e. The van der Waals surface area contributed by atoms with E-state index in [9.17, 15) is 0 Å². The third-order valence-corrected chi connectivity index (χ3v) is 7.79. The van der Waals surface area contributed by atoms with Crippen molar-refractivity contribution < 1.29 is 8.83 Å². The molecule has 0 amide bonds. The molecule has 7 nitrogen and oxygen atoms in total. The zero-order valence-corrected chi connectivity index (χ0v) is 25.6. The molecule has 9 heteroatoms. The quantitative estimate of drug-likeness (QED) is 0.165. The van der Waals surface area contributed by atoms with Crippen molar-refractivity contribution >= 4 is 48.9 Å². The van der Waals surface area contributed by atoms with Gasteiger partial charge in [-0.2, -0.15) is 0 Å². The van der Waals surface area contributed by atoms with Gasteiger partial charge < -0.3 is 13.7 Å². The van der Waals surface area contributed by atoms with E-state index in [0.717, 1.165) is 37.1 Å². The summed E-state index contributed by atoms with van der Waals surface area (Å²) in [5, 5.41) is 17.5. The first-order valence-electron chi connectivity index (χ1n) is 13.4. The van der Waals surface area contributed by atoms with Crippen molar-refractivity contribution in [1.82, 2.24) is 20.4 Å². The van der Waals surface area contributed by atoms with Crippen LogP contribution in [0.25, 0.3) is 45.8 Å². The molecule has 7 aromatic rings. The highest BCUT2D eigenvalue weighted by molar-refractivity contribution is 9.10. The summed E-state index contributed by atoms with van der Waals surface area (Å²) < 4.78 is 14.3. The lowest BCUT2D eigenvalue weighted by molar-refractivity contribution is 0.582. The Morgan fingerprint density at radius 3 is 1.16 bits per heavy atom. The van der Waals surface area contributed by atoms with Gasteiger partial charge in [0.05, 0.1) is 0 Å². The van der Waals surface area contributed by atoms with Crippen molar-refractivity contribution in [2.45, 2.75) is 0 Å². The highest BCUT2D eigenvalue weighted by atomic mass is 79.9. The Labute approximate surface area is 264 Å². The van der Waals surface area contributed by atoms with E-state index in [4.69, 9.17) is 8.83 Å². The number of rotatable bonds is 7. The van der Waals surface area contributed by atoms with E-state index in [1.165, 1.54) is 0 Å². The fraction of sp³-hybridized carbons (Fsp3) is 0. The van der Waals surface area contributed by atoms with Crippen LogP contribution in [0.4, 0.5) is 17.1 Å². The Balaban J connectivity index is 1.38. The fourth-order valence-electron chi connectivity index (χ4n) is 4.69. The first kappa shape index (κ1) is 27.0. The molecule has 0 aliphatic heterocycles. The Hall–Kier alpha value is -4.86. The second-order valence-corrected chi connectivity index (χ2v) is 11.4. The normalized spacial score (nSPS) is 11.0. The van der Waals surface area contributed by atoms with Crippen LogP contribution in [0.5, 0.6) is 0 Å². The number of nitrogens with zero attached hydrogens (tertiary/aromatic N) is 5. The molecule has 0 saturated carbocycles. The molecule has 0 aliphatic carbocycles. The number of anilines is 3. The Morgan fingerprint density at radius 1 is 0.395 bits per heavy atom. The maximum Gasteiger partial charge on any atom is 0.248 e. The number of hydrogen-bond acceptors (Lipinski definition) is 7. The minimum atomic E-state index is 0.370. The van der Waals surface area contributed by atoms with Gasteiger partial charge in [0, 0.05) is 48.3 Å². The minimum Gasteiger partial charge on any atom is -0.416 e. The summed E-state index contributed by atoms with van der Waals surface area (Å²) in [6, 6.07) is 41.8. The summed E-state index contributed by atoms with van der Waals surface area (Å²) in [6.07, 6.45) is 0. The lowest BCUT2D eigenvalue weighted by Gasteiger charge is -2.26. The standard InChI is InChI=1S/C34H21Br2N5O2/c35-26-15-11-22(12-16-26)31-37-39-33(42-31)24-19-25(34-40-38-32(43-34)23-13-17-27(36)18-14-23)21-30(20-24)41(28-7-3-1-4-8-28)29-9-5-2-6-10-29/h1-21H. The van der Waals surface area contributed by atoms with Gasteiger partial charge in [-0.25, -0.2) is 0 Å². The van der Waals surface area contributed by atoms with E-state index < -0.39 is 0 Å². The van der Waals surface area contributed by atoms with Gasteiger partial charge in [-0.3, -0.25) is 0 Å². The molecule has 5 aromatic carbocycles. The predicted octanol–water partition coefficient (Wildman–Crippen LogP) is 10.1. The molecular weight excluding hydrogens is 670 g/mol. The van der Waals surface area contributed by atoms with Gasteiger partial charge in [0.25, 0.3) is 0 Å². The van der Waals surface area contributed by atoms with E-state index in [2.05, 4.69) is 81.4 Å². The molecule has 0 spiro atoms. The van der Waals surface area contributed by atoms with E-state index in [-0.39, 0.29) is 0 Å². The molecule has 2 aromatic heterocycles. The van der Waals surface area contributed by atoms with Crippen LogP contribution in [0.1, 0.15) is 0 Å². The largest absolute Gasteiger partial charge is 0.416 e. The summed E-state index contributed by atoms with van der Waals surface area (Å²) in [7, 11) is 0. The molecule has 7 rings (SSSR count). The van der Waals surface area contributed by atoms with Gasteiger partial charge in [0.2, 0.25) is 23.6 Å². The molecule has 43 heavy (non-hydrogen) atoms. The molecule has 0 fully saturated rings. The minimum absolute atomic E-state index is 0.370. The molecular formula is C34H21Br2N5O2. The van der Waals surface area contributed by atoms with Crippen LogP contribution < -0.4 is 4.90 Å². The van der Waals surface area contributed by atoms with Crippen LogP contribution in [0, 0.1) is 0 Å². The summed E-state index contributed by atoms with van der Waals surface area (Å²) in [6.45, 7) is 0. The van der Waals surface area contributed by atoms with Crippen LogP contribution in [-0.4, -0.2) is 20.4 Å². The fourth-order valence-corrected chi connectivity index (χ4v) is 5.22. The van der Waals surface area contributed by atoms with Crippen LogP contribution in [0.2, 0.25) is 0 Å². The molecule has 0 aliphatic rings. The second kappa shape index (κ2) is 11.8. The highest BCUT2D eigenvalue weighted by Crippen LogP contribution is 2.39. The maximum absolute atomic E-state index is 6.19. The third-order valence-electron chi connectivity index (χ3n) is 6.73. The molecule has 0 N–H and O–H groups in total. The van der Waals surface area contributed by atoms with Crippen molar-refractivity contribution in [1.29, 1.82) is 0 Å². The van der Waals surface area contributed by atoms with Gasteiger partial charge in [0.1, 0.15) is 0 Å². The molecule has 0 atom stereocenters. The SMILES string of the molecule is Brc1ccc(-c2nnc(-c3cc(-c4nnc(-c5ccc(Br)cc5)o4)cc(N(c4ccccc4)c4ccccc4)c3)o2)cc1. The second-order valence-electron chi connectivity index (χ2n) is 9.61. The Kier molecular flexibility index (Phi) is 7.40. The highest BCUT2D eigenvalue weighted by Gasteiger charge is 2.20. The average molecular weight is 691 g/mol. The Bertz CT molecular complexity index is 1850. The van der Waals surface area contributed by atoms with E-state index in [1.54, 1.807) is 0 Å². The predicted molar refractivity (Wildman–Crippen MR) is 174 cm³/mol. The summed E-state index contributed by atoms with van der Waals surface area (Å²) in [5.41, 5.74) is 5.90. The maximum atomic E-state index is 6.19. The van der Waals surface area contributed by atoms with E-state index in [1.807, 2.05) is 103 Å². The van der Waals surface area contributed by atoms with Gasteiger partial charge >= 0.3 is 0 Å². The molecule has 208 valence electrons. The van der Waals surface area contributed by atoms with Crippen LogP contribution >= 0.6 is 31.9 Å². The monoisotopic (exact) mass is 689 g/mol. The van der Waals surface area contributed by atoms with Crippen LogP contribution in [0.3, 0.4) is 0 Å². The Morgan fingerprint density at radius 2 is 0.767 bits per heavy atom.